The van der Waals surface area contributed by atoms with Crippen LogP contribution in [0.25, 0.3) is 11.1 Å². The molecule has 0 radical (unpaired) electrons. The first-order valence-corrected chi connectivity index (χ1v) is 6.17. The fourth-order valence-corrected chi connectivity index (χ4v) is 2.14. The molecule has 0 fully saturated rings. The van der Waals surface area contributed by atoms with E-state index < -0.39 is 0 Å². The van der Waals surface area contributed by atoms with Gasteiger partial charge >= 0.3 is 0 Å². The highest BCUT2D eigenvalue weighted by molar-refractivity contribution is 9.10. The topological polar surface area (TPSA) is 12.9 Å². The van der Waals surface area contributed by atoms with Gasteiger partial charge in [0, 0.05) is 16.9 Å². The van der Waals surface area contributed by atoms with Crippen LogP contribution in [0.4, 0.5) is 0 Å². The van der Waals surface area contributed by atoms with Crippen LogP contribution >= 0.6 is 15.9 Å². The van der Waals surface area contributed by atoms with Gasteiger partial charge in [0.25, 0.3) is 0 Å². The van der Waals surface area contributed by atoms with Crippen molar-refractivity contribution in [2.24, 2.45) is 0 Å². The molecule has 1 nitrogen and oxygen atoms in total. The van der Waals surface area contributed by atoms with Gasteiger partial charge in [-0.25, -0.2) is 0 Å². The third-order valence-electron chi connectivity index (χ3n) is 2.66. The predicted octanol–water partition coefficient (Wildman–Crippen LogP) is 4.63. The minimum absolute atomic E-state index is 0.579. The van der Waals surface area contributed by atoms with Crippen molar-refractivity contribution >= 4 is 15.9 Å². The Kier molecular flexibility index (Phi) is 3.39. The lowest BCUT2D eigenvalue weighted by Gasteiger charge is -2.08. The molecule has 2 aromatic rings. The van der Waals surface area contributed by atoms with Gasteiger partial charge in [-0.05, 0) is 44.6 Å². The van der Waals surface area contributed by atoms with Gasteiger partial charge in [0.2, 0.25) is 0 Å². The molecule has 2 rings (SSSR count). The second kappa shape index (κ2) is 4.79. The summed E-state index contributed by atoms with van der Waals surface area (Å²) in [5, 5.41) is 0. The number of halogens is 1. The zero-order valence-corrected chi connectivity index (χ0v) is 11.0. The molecule has 0 unspecified atom stereocenters. The lowest BCUT2D eigenvalue weighted by atomic mass is 9.99. The standard InChI is InChI=1S/C14H14BrN/c1-10(2)11-3-5-12(6-4-11)13-7-8-16-9-14(13)15/h3-10H,1-2H3. The molecule has 0 spiro atoms. The van der Waals surface area contributed by atoms with Gasteiger partial charge in [-0.1, -0.05) is 38.1 Å². The molecular formula is C14H14BrN. The van der Waals surface area contributed by atoms with Crippen molar-refractivity contribution < 1.29 is 0 Å². The van der Waals surface area contributed by atoms with Gasteiger partial charge in [0.1, 0.15) is 0 Å². The molecule has 0 saturated carbocycles. The number of hydrogen-bond acceptors (Lipinski definition) is 1. The summed E-state index contributed by atoms with van der Waals surface area (Å²) in [5.41, 5.74) is 3.78. The molecule has 0 amide bonds. The van der Waals surface area contributed by atoms with Crippen molar-refractivity contribution in [1.29, 1.82) is 0 Å². The summed E-state index contributed by atoms with van der Waals surface area (Å²) >= 11 is 3.52. The maximum atomic E-state index is 4.07. The van der Waals surface area contributed by atoms with Crippen LogP contribution in [0.5, 0.6) is 0 Å². The lowest BCUT2D eigenvalue weighted by Crippen LogP contribution is -1.87. The van der Waals surface area contributed by atoms with Crippen molar-refractivity contribution in [1.82, 2.24) is 4.98 Å². The van der Waals surface area contributed by atoms with E-state index in [0.717, 1.165) is 4.47 Å². The Bertz CT molecular complexity index is 474. The number of pyridine rings is 1. The highest BCUT2D eigenvalue weighted by Crippen LogP contribution is 2.28. The molecule has 0 aliphatic heterocycles. The number of aromatic nitrogens is 1. The lowest BCUT2D eigenvalue weighted by molar-refractivity contribution is 0.867. The molecule has 1 heterocycles. The fraction of sp³-hybridized carbons (Fsp3) is 0.214. The maximum Gasteiger partial charge on any atom is 0.0437 e. The minimum Gasteiger partial charge on any atom is -0.264 e. The van der Waals surface area contributed by atoms with Crippen LogP contribution in [0.1, 0.15) is 25.3 Å². The average Bonchev–Trinajstić information content (AvgIpc) is 2.30. The SMILES string of the molecule is CC(C)c1ccc(-c2ccncc2Br)cc1. The fourth-order valence-electron chi connectivity index (χ4n) is 1.66. The van der Waals surface area contributed by atoms with E-state index in [1.165, 1.54) is 16.7 Å². The molecule has 0 atom stereocenters. The van der Waals surface area contributed by atoms with E-state index in [0.29, 0.717) is 5.92 Å². The van der Waals surface area contributed by atoms with Crippen LogP contribution < -0.4 is 0 Å². The largest absolute Gasteiger partial charge is 0.264 e. The van der Waals surface area contributed by atoms with Gasteiger partial charge in [-0.2, -0.15) is 0 Å². The number of nitrogens with zero attached hydrogens (tertiary/aromatic N) is 1. The van der Waals surface area contributed by atoms with Gasteiger partial charge in [0.05, 0.1) is 0 Å². The van der Waals surface area contributed by atoms with E-state index in [2.05, 4.69) is 59.0 Å². The summed E-state index contributed by atoms with van der Waals surface area (Å²) in [7, 11) is 0. The van der Waals surface area contributed by atoms with E-state index in [1.807, 2.05) is 18.5 Å². The van der Waals surface area contributed by atoms with E-state index in [9.17, 15) is 0 Å². The number of benzene rings is 1. The predicted molar refractivity (Wildman–Crippen MR) is 71.5 cm³/mol. The smallest absolute Gasteiger partial charge is 0.0437 e. The Balaban J connectivity index is 2.39. The van der Waals surface area contributed by atoms with Crippen LogP contribution in [0.3, 0.4) is 0 Å². The first-order valence-electron chi connectivity index (χ1n) is 5.38. The van der Waals surface area contributed by atoms with Crippen LogP contribution in [0, 0.1) is 0 Å². The molecule has 82 valence electrons. The van der Waals surface area contributed by atoms with Crippen LogP contribution in [0.2, 0.25) is 0 Å². The van der Waals surface area contributed by atoms with E-state index in [4.69, 9.17) is 0 Å². The van der Waals surface area contributed by atoms with Gasteiger partial charge in [-0.3, -0.25) is 4.98 Å². The zero-order chi connectivity index (χ0) is 11.5. The molecule has 16 heavy (non-hydrogen) atoms. The molecule has 1 aromatic heterocycles. The van der Waals surface area contributed by atoms with Crippen LogP contribution in [-0.2, 0) is 0 Å². The van der Waals surface area contributed by atoms with Gasteiger partial charge < -0.3 is 0 Å². The first-order chi connectivity index (χ1) is 7.68. The highest BCUT2D eigenvalue weighted by Gasteiger charge is 2.03. The maximum absolute atomic E-state index is 4.07. The summed E-state index contributed by atoms with van der Waals surface area (Å²) in [6.07, 6.45) is 3.64. The molecule has 0 N–H and O–H groups in total. The number of rotatable bonds is 2. The van der Waals surface area contributed by atoms with Crippen molar-refractivity contribution in [3.63, 3.8) is 0 Å². The quantitative estimate of drug-likeness (QED) is 0.779. The highest BCUT2D eigenvalue weighted by atomic mass is 79.9. The van der Waals surface area contributed by atoms with Crippen molar-refractivity contribution in [2.75, 3.05) is 0 Å². The van der Waals surface area contributed by atoms with E-state index >= 15 is 0 Å². The Labute approximate surface area is 105 Å². The molecule has 0 saturated heterocycles. The Morgan fingerprint density at radius 3 is 2.31 bits per heavy atom. The molecular weight excluding hydrogens is 262 g/mol. The monoisotopic (exact) mass is 275 g/mol. The summed E-state index contributed by atoms with van der Waals surface area (Å²) < 4.78 is 1.03. The van der Waals surface area contributed by atoms with Crippen molar-refractivity contribution in [3.05, 3.63) is 52.8 Å². The molecule has 0 bridgehead atoms. The minimum atomic E-state index is 0.579. The molecule has 0 aliphatic rings. The van der Waals surface area contributed by atoms with Gasteiger partial charge in [0.15, 0.2) is 0 Å². The van der Waals surface area contributed by atoms with Crippen LogP contribution in [-0.4, -0.2) is 4.98 Å². The van der Waals surface area contributed by atoms with Gasteiger partial charge in [-0.15, -0.1) is 0 Å². The third kappa shape index (κ3) is 2.33. The second-order valence-electron chi connectivity index (χ2n) is 4.13. The Hall–Kier alpha value is -1.15. The molecule has 0 aliphatic carbocycles. The average molecular weight is 276 g/mol. The Morgan fingerprint density at radius 1 is 1.06 bits per heavy atom. The Morgan fingerprint density at radius 2 is 1.75 bits per heavy atom. The first kappa shape index (κ1) is 11.3. The van der Waals surface area contributed by atoms with Crippen molar-refractivity contribution in [3.8, 4) is 11.1 Å². The second-order valence-corrected chi connectivity index (χ2v) is 4.99. The van der Waals surface area contributed by atoms with Crippen LogP contribution in [0.15, 0.2) is 47.2 Å². The summed E-state index contributed by atoms with van der Waals surface area (Å²) in [6.45, 7) is 4.41. The summed E-state index contributed by atoms with van der Waals surface area (Å²) in [6, 6.07) is 10.7. The third-order valence-corrected chi connectivity index (χ3v) is 3.29. The number of hydrogen-bond donors (Lipinski definition) is 0. The summed E-state index contributed by atoms with van der Waals surface area (Å²) in [4.78, 5) is 4.07. The normalized spacial score (nSPS) is 10.8. The van der Waals surface area contributed by atoms with Crippen molar-refractivity contribution in [2.45, 2.75) is 19.8 Å². The van der Waals surface area contributed by atoms with E-state index in [-0.39, 0.29) is 0 Å². The molecule has 1 aromatic carbocycles. The van der Waals surface area contributed by atoms with E-state index in [1.54, 1.807) is 0 Å². The molecule has 2 heteroatoms. The summed E-state index contributed by atoms with van der Waals surface area (Å²) in [5.74, 6) is 0.579. The zero-order valence-electron chi connectivity index (χ0n) is 9.44.